The largest absolute Gasteiger partial charge is 0.478 e. The van der Waals surface area contributed by atoms with E-state index in [4.69, 9.17) is 5.11 Å². The van der Waals surface area contributed by atoms with Crippen molar-refractivity contribution in [1.82, 2.24) is 15.1 Å². The number of carbonyl (C=O) groups excluding carboxylic acids is 1. The van der Waals surface area contributed by atoms with Gasteiger partial charge < -0.3 is 15.7 Å². The van der Waals surface area contributed by atoms with E-state index in [1.54, 1.807) is 36.3 Å². The highest BCUT2D eigenvalue weighted by Crippen LogP contribution is 2.05. The summed E-state index contributed by atoms with van der Waals surface area (Å²) < 4.78 is 1.58. The number of aryl methyl sites for hydroxylation is 1. The molecule has 20 heavy (non-hydrogen) atoms. The first-order chi connectivity index (χ1) is 9.54. The third-order valence-electron chi connectivity index (χ3n) is 2.62. The normalized spacial score (nSPS) is 10.1. The minimum absolute atomic E-state index is 0.216. The van der Waals surface area contributed by atoms with Gasteiger partial charge in [0.25, 0.3) is 0 Å². The smallest absolute Gasteiger partial charge is 0.335 e. The monoisotopic (exact) mass is 274 g/mol. The number of carbonyl (C=O) groups is 2. The van der Waals surface area contributed by atoms with Crippen LogP contribution in [0.5, 0.6) is 0 Å². The van der Waals surface area contributed by atoms with E-state index in [-0.39, 0.29) is 11.6 Å². The van der Waals surface area contributed by atoms with Gasteiger partial charge in [0, 0.05) is 19.8 Å². The van der Waals surface area contributed by atoms with Crippen LogP contribution in [0.3, 0.4) is 0 Å². The molecule has 0 saturated heterocycles. The van der Waals surface area contributed by atoms with Crippen molar-refractivity contribution in [3.8, 4) is 0 Å². The Bertz CT molecular complexity index is 619. The molecule has 7 nitrogen and oxygen atoms in total. The number of carboxylic acid groups (broad SMARTS) is 1. The van der Waals surface area contributed by atoms with Crippen LogP contribution < -0.4 is 10.6 Å². The van der Waals surface area contributed by atoms with Crippen molar-refractivity contribution < 1.29 is 14.7 Å². The number of hydrogen-bond acceptors (Lipinski definition) is 3. The van der Waals surface area contributed by atoms with Gasteiger partial charge in [0.05, 0.1) is 17.4 Å². The van der Waals surface area contributed by atoms with Gasteiger partial charge in [0.2, 0.25) is 0 Å². The minimum atomic E-state index is -0.973. The Morgan fingerprint density at radius 2 is 2.00 bits per heavy atom. The van der Waals surface area contributed by atoms with Crippen LogP contribution in [0.4, 0.5) is 10.5 Å². The molecule has 0 radical (unpaired) electrons. The quantitative estimate of drug-likeness (QED) is 0.786. The molecule has 0 bridgehead atoms. The fourth-order valence-electron chi connectivity index (χ4n) is 1.61. The molecule has 2 aromatic rings. The first kappa shape index (κ1) is 13.6. The maximum atomic E-state index is 11.6. The third kappa shape index (κ3) is 3.58. The molecule has 0 aliphatic carbocycles. The van der Waals surface area contributed by atoms with Gasteiger partial charge in [-0.3, -0.25) is 4.68 Å². The first-order valence-corrected chi connectivity index (χ1v) is 5.90. The summed E-state index contributed by atoms with van der Waals surface area (Å²) in [5.41, 5.74) is 1.64. The van der Waals surface area contributed by atoms with E-state index in [0.717, 1.165) is 5.56 Å². The van der Waals surface area contributed by atoms with Gasteiger partial charge in [-0.2, -0.15) is 5.10 Å². The molecule has 0 atom stereocenters. The van der Waals surface area contributed by atoms with Gasteiger partial charge in [-0.15, -0.1) is 0 Å². The van der Waals surface area contributed by atoms with Crippen molar-refractivity contribution in [3.63, 3.8) is 0 Å². The Balaban J connectivity index is 1.85. The molecule has 0 spiro atoms. The number of aromatic carboxylic acids is 1. The third-order valence-corrected chi connectivity index (χ3v) is 2.62. The summed E-state index contributed by atoms with van der Waals surface area (Å²) in [6.07, 6.45) is 3.22. The van der Waals surface area contributed by atoms with Crippen LogP contribution in [0.15, 0.2) is 36.7 Å². The van der Waals surface area contributed by atoms with E-state index in [0.29, 0.717) is 12.2 Å². The summed E-state index contributed by atoms with van der Waals surface area (Å²) in [5.74, 6) is -0.973. The molecule has 104 valence electrons. The summed E-state index contributed by atoms with van der Waals surface area (Å²) in [7, 11) is 1.76. The second-order valence-electron chi connectivity index (χ2n) is 4.21. The van der Waals surface area contributed by atoms with Crippen molar-refractivity contribution >= 4 is 17.7 Å². The zero-order valence-corrected chi connectivity index (χ0v) is 10.8. The number of urea groups is 1. The van der Waals surface area contributed by atoms with Crippen LogP contribution >= 0.6 is 0 Å². The number of benzene rings is 1. The number of nitrogens with one attached hydrogen (secondary N) is 2. The van der Waals surface area contributed by atoms with Crippen LogP contribution in [-0.2, 0) is 13.6 Å². The van der Waals surface area contributed by atoms with Gasteiger partial charge in [-0.05, 0) is 17.7 Å². The first-order valence-electron chi connectivity index (χ1n) is 5.90. The van der Waals surface area contributed by atoms with Crippen molar-refractivity contribution in [3.05, 3.63) is 47.8 Å². The lowest BCUT2D eigenvalue weighted by Crippen LogP contribution is -2.28. The van der Waals surface area contributed by atoms with Crippen LogP contribution in [0.2, 0.25) is 0 Å². The van der Waals surface area contributed by atoms with Crippen molar-refractivity contribution in [1.29, 1.82) is 0 Å². The Morgan fingerprint density at radius 3 is 2.55 bits per heavy atom. The lowest BCUT2D eigenvalue weighted by molar-refractivity contribution is 0.0697. The Kier molecular flexibility index (Phi) is 3.99. The second kappa shape index (κ2) is 5.87. The average molecular weight is 274 g/mol. The fraction of sp³-hybridized carbons (Fsp3) is 0.154. The molecule has 0 aliphatic heterocycles. The van der Waals surface area contributed by atoms with E-state index >= 15 is 0 Å². The van der Waals surface area contributed by atoms with Gasteiger partial charge >= 0.3 is 12.0 Å². The predicted molar refractivity (Wildman–Crippen MR) is 72.5 cm³/mol. The Hall–Kier alpha value is -2.83. The molecule has 7 heteroatoms. The zero-order valence-electron chi connectivity index (χ0n) is 10.8. The number of hydrogen-bond donors (Lipinski definition) is 3. The maximum absolute atomic E-state index is 11.6. The second-order valence-corrected chi connectivity index (χ2v) is 4.21. The number of rotatable bonds is 4. The molecule has 0 unspecified atom stereocenters. The van der Waals surface area contributed by atoms with Crippen LogP contribution in [-0.4, -0.2) is 26.9 Å². The molecular formula is C13H14N4O3. The molecule has 2 rings (SSSR count). The topological polar surface area (TPSA) is 96.2 Å². The van der Waals surface area contributed by atoms with E-state index in [2.05, 4.69) is 15.7 Å². The minimum Gasteiger partial charge on any atom is -0.478 e. The standard InChI is InChI=1S/C13H14N4O3/c1-17-8-11(7-15-17)16-13(20)14-6-9-2-4-10(5-3-9)12(18)19/h2-5,7-8H,6H2,1H3,(H,18,19)(H2,14,16,20). The molecule has 3 N–H and O–H groups in total. The molecule has 1 heterocycles. The molecule has 2 amide bonds. The Labute approximate surface area is 115 Å². The molecule has 1 aromatic heterocycles. The maximum Gasteiger partial charge on any atom is 0.335 e. The number of amides is 2. The Morgan fingerprint density at radius 1 is 1.30 bits per heavy atom. The van der Waals surface area contributed by atoms with Gasteiger partial charge in [-0.25, -0.2) is 9.59 Å². The number of anilines is 1. The summed E-state index contributed by atoms with van der Waals surface area (Å²) in [6.45, 7) is 0.312. The molecule has 0 aliphatic rings. The van der Waals surface area contributed by atoms with E-state index in [9.17, 15) is 9.59 Å². The summed E-state index contributed by atoms with van der Waals surface area (Å²) in [4.78, 5) is 22.3. The highest BCUT2D eigenvalue weighted by molar-refractivity contribution is 5.89. The van der Waals surface area contributed by atoms with Crippen molar-refractivity contribution in [2.45, 2.75) is 6.54 Å². The number of nitrogens with zero attached hydrogens (tertiary/aromatic N) is 2. The van der Waals surface area contributed by atoms with Crippen LogP contribution in [0, 0.1) is 0 Å². The lowest BCUT2D eigenvalue weighted by Gasteiger charge is -2.06. The fourth-order valence-corrected chi connectivity index (χ4v) is 1.61. The summed E-state index contributed by atoms with van der Waals surface area (Å²) in [5, 5.41) is 18.0. The highest BCUT2D eigenvalue weighted by atomic mass is 16.4. The van der Waals surface area contributed by atoms with Crippen LogP contribution in [0.1, 0.15) is 15.9 Å². The van der Waals surface area contributed by atoms with E-state index in [1.165, 1.54) is 12.1 Å². The molecule has 0 fully saturated rings. The van der Waals surface area contributed by atoms with Crippen LogP contribution in [0.25, 0.3) is 0 Å². The summed E-state index contributed by atoms with van der Waals surface area (Å²) >= 11 is 0. The SMILES string of the molecule is Cn1cc(NC(=O)NCc2ccc(C(=O)O)cc2)cn1. The average Bonchev–Trinajstić information content (AvgIpc) is 2.82. The highest BCUT2D eigenvalue weighted by Gasteiger charge is 2.04. The van der Waals surface area contributed by atoms with Gasteiger partial charge in [-0.1, -0.05) is 12.1 Å². The van der Waals surface area contributed by atoms with E-state index in [1.807, 2.05) is 0 Å². The zero-order chi connectivity index (χ0) is 14.5. The van der Waals surface area contributed by atoms with Crippen molar-refractivity contribution in [2.24, 2.45) is 7.05 Å². The van der Waals surface area contributed by atoms with E-state index < -0.39 is 5.97 Å². The summed E-state index contributed by atoms with van der Waals surface area (Å²) in [6, 6.07) is 5.97. The number of carboxylic acids is 1. The van der Waals surface area contributed by atoms with Crippen molar-refractivity contribution in [2.75, 3.05) is 5.32 Å². The lowest BCUT2D eigenvalue weighted by atomic mass is 10.1. The van der Waals surface area contributed by atoms with Gasteiger partial charge in [0.15, 0.2) is 0 Å². The molecular weight excluding hydrogens is 260 g/mol. The molecule has 0 saturated carbocycles. The number of aromatic nitrogens is 2. The van der Waals surface area contributed by atoms with Gasteiger partial charge in [0.1, 0.15) is 0 Å². The predicted octanol–water partition coefficient (Wildman–Crippen LogP) is 1.44. The molecule has 1 aromatic carbocycles.